The van der Waals surface area contributed by atoms with Crippen LogP contribution < -0.4 is 11.2 Å². The number of hydrogen-bond acceptors (Lipinski definition) is 4. The minimum atomic E-state index is -0.470. The fraction of sp³-hybridized carbons (Fsp3) is 0.385. The second-order valence-corrected chi connectivity index (χ2v) is 4.63. The van der Waals surface area contributed by atoms with Crippen LogP contribution in [0.2, 0.25) is 0 Å². The first-order valence-electron chi connectivity index (χ1n) is 5.82. The van der Waals surface area contributed by atoms with Crippen LogP contribution in [0.5, 0.6) is 5.75 Å². The SMILES string of the molecule is C/C(CC(C)C)=N/NC(=O)c1cccc(N)c1O. The maximum absolute atomic E-state index is 11.8. The molecule has 0 spiro atoms. The molecule has 4 N–H and O–H groups in total. The Morgan fingerprint density at radius 1 is 1.50 bits per heavy atom. The molecule has 0 saturated heterocycles. The van der Waals surface area contributed by atoms with Crippen LogP contribution in [0, 0.1) is 5.92 Å². The van der Waals surface area contributed by atoms with Gasteiger partial charge >= 0.3 is 0 Å². The number of nitrogens with one attached hydrogen (secondary N) is 1. The van der Waals surface area contributed by atoms with E-state index in [1.54, 1.807) is 6.07 Å². The number of hydrogen-bond donors (Lipinski definition) is 3. The van der Waals surface area contributed by atoms with E-state index in [1.165, 1.54) is 12.1 Å². The normalized spacial score (nSPS) is 11.7. The molecule has 0 aliphatic carbocycles. The average molecular weight is 249 g/mol. The summed E-state index contributed by atoms with van der Waals surface area (Å²) in [6, 6.07) is 4.63. The van der Waals surface area contributed by atoms with Crippen LogP contribution in [0.3, 0.4) is 0 Å². The lowest BCUT2D eigenvalue weighted by Crippen LogP contribution is -2.19. The Labute approximate surface area is 107 Å². The number of carbonyl (C=O) groups is 1. The largest absolute Gasteiger partial charge is 0.505 e. The quantitative estimate of drug-likeness (QED) is 0.330. The highest BCUT2D eigenvalue weighted by atomic mass is 16.3. The number of benzene rings is 1. The van der Waals surface area contributed by atoms with E-state index >= 15 is 0 Å². The zero-order valence-electron chi connectivity index (χ0n) is 10.9. The van der Waals surface area contributed by atoms with E-state index < -0.39 is 5.91 Å². The number of phenols is 1. The van der Waals surface area contributed by atoms with Crippen LogP contribution in [0.1, 0.15) is 37.6 Å². The van der Waals surface area contributed by atoms with Crippen molar-refractivity contribution in [2.75, 3.05) is 5.73 Å². The summed E-state index contributed by atoms with van der Waals surface area (Å²) in [5, 5.41) is 13.6. The number of aromatic hydroxyl groups is 1. The monoisotopic (exact) mass is 249 g/mol. The molecule has 0 bridgehead atoms. The third kappa shape index (κ3) is 3.76. The van der Waals surface area contributed by atoms with E-state index in [1.807, 2.05) is 6.92 Å². The lowest BCUT2D eigenvalue weighted by Gasteiger charge is -2.07. The van der Waals surface area contributed by atoms with Gasteiger partial charge in [-0.15, -0.1) is 0 Å². The predicted octanol–water partition coefficient (Wildman–Crippen LogP) is 2.13. The molecule has 5 nitrogen and oxygen atoms in total. The number of phenolic OH excluding ortho intramolecular Hbond substituents is 1. The summed E-state index contributed by atoms with van der Waals surface area (Å²) in [6.45, 7) is 5.99. The number of nitrogens with zero attached hydrogens (tertiary/aromatic N) is 1. The Kier molecular flexibility index (Phi) is 4.71. The molecule has 1 rings (SSSR count). The molecule has 0 saturated carbocycles. The first-order chi connectivity index (χ1) is 8.41. The molecule has 0 atom stereocenters. The number of hydrazone groups is 1. The Morgan fingerprint density at radius 3 is 2.78 bits per heavy atom. The van der Waals surface area contributed by atoms with Gasteiger partial charge in [-0.1, -0.05) is 19.9 Å². The highest BCUT2D eigenvalue weighted by Gasteiger charge is 2.12. The minimum Gasteiger partial charge on any atom is -0.505 e. The highest BCUT2D eigenvalue weighted by molar-refractivity contribution is 5.99. The van der Waals surface area contributed by atoms with Crippen LogP contribution in [-0.2, 0) is 0 Å². The van der Waals surface area contributed by atoms with E-state index in [-0.39, 0.29) is 17.0 Å². The lowest BCUT2D eigenvalue weighted by atomic mass is 10.1. The summed E-state index contributed by atoms with van der Waals surface area (Å²) in [5.41, 5.74) is 9.05. The number of carbonyl (C=O) groups excluding carboxylic acids is 1. The summed E-state index contributed by atoms with van der Waals surface area (Å²) < 4.78 is 0. The maximum Gasteiger partial charge on any atom is 0.275 e. The van der Waals surface area contributed by atoms with Crippen molar-refractivity contribution in [3.8, 4) is 5.75 Å². The molecule has 98 valence electrons. The van der Waals surface area contributed by atoms with Gasteiger partial charge in [-0.2, -0.15) is 5.10 Å². The van der Waals surface area contributed by atoms with E-state index in [0.29, 0.717) is 5.92 Å². The van der Waals surface area contributed by atoms with Gasteiger partial charge in [0.25, 0.3) is 5.91 Å². The van der Waals surface area contributed by atoms with Gasteiger partial charge in [0.05, 0.1) is 11.3 Å². The Hall–Kier alpha value is -2.04. The topological polar surface area (TPSA) is 87.7 Å². The van der Waals surface area contributed by atoms with Crippen LogP contribution in [0.4, 0.5) is 5.69 Å². The van der Waals surface area contributed by atoms with Crippen molar-refractivity contribution in [1.29, 1.82) is 0 Å². The molecule has 0 aromatic heterocycles. The number of anilines is 1. The fourth-order valence-electron chi connectivity index (χ4n) is 1.59. The number of rotatable bonds is 4. The van der Waals surface area contributed by atoms with Gasteiger partial charge in [0.15, 0.2) is 5.75 Å². The summed E-state index contributed by atoms with van der Waals surface area (Å²) in [4.78, 5) is 11.8. The molecule has 1 aromatic rings. The maximum atomic E-state index is 11.8. The molecular formula is C13H19N3O2. The second kappa shape index (κ2) is 6.05. The second-order valence-electron chi connectivity index (χ2n) is 4.63. The average Bonchev–Trinajstić information content (AvgIpc) is 2.29. The molecule has 0 unspecified atom stereocenters. The van der Waals surface area contributed by atoms with Crippen LogP contribution in [-0.4, -0.2) is 16.7 Å². The van der Waals surface area contributed by atoms with Gasteiger partial charge in [0.2, 0.25) is 0 Å². The van der Waals surface area contributed by atoms with Crippen LogP contribution >= 0.6 is 0 Å². The standard InChI is InChI=1S/C13H19N3O2/c1-8(2)7-9(3)15-16-13(18)10-5-4-6-11(14)12(10)17/h4-6,8,17H,7,14H2,1-3H3,(H,16,18)/b15-9-. The van der Waals surface area contributed by atoms with Crippen molar-refractivity contribution in [3.05, 3.63) is 23.8 Å². The summed E-state index contributed by atoms with van der Waals surface area (Å²) in [6.07, 6.45) is 0.809. The molecule has 0 aliphatic heterocycles. The molecule has 1 aromatic carbocycles. The molecule has 0 radical (unpaired) electrons. The molecule has 1 amide bonds. The first kappa shape index (κ1) is 14.0. The van der Waals surface area contributed by atoms with Crippen molar-refractivity contribution in [3.63, 3.8) is 0 Å². The molecule has 5 heteroatoms. The summed E-state index contributed by atoms with van der Waals surface area (Å²) in [7, 11) is 0. The van der Waals surface area contributed by atoms with Gasteiger partial charge in [-0.25, -0.2) is 5.43 Å². The Bertz CT molecular complexity index is 467. The Balaban J connectivity index is 2.74. The van der Waals surface area contributed by atoms with Crippen molar-refractivity contribution in [2.45, 2.75) is 27.2 Å². The molecular weight excluding hydrogens is 230 g/mol. The van der Waals surface area contributed by atoms with Crippen LogP contribution in [0.15, 0.2) is 23.3 Å². The fourth-order valence-corrected chi connectivity index (χ4v) is 1.59. The molecule has 18 heavy (non-hydrogen) atoms. The van der Waals surface area contributed by atoms with Gasteiger partial charge in [-0.3, -0.25) is 4.79 Å². The van der Waals surface area contributed by atoms with Crippen molar-refractivity contribution < 1.29 is 9.90 Å². The van der Waals surface area contributed by atoms with E-state index in [2.05, 4.69) is 24.4 Å². The van der Waals surface area contributed by atoms with Gasteiger partial charge < -0.3 is 10.8 Å². The van der Waals surface area contributed by atoms with E-state index in [4.69, 9.17) is 5.73 Å². The first-order valence-corrected chi connectivity index (χ1v) is 5.82. The lowest BCUT2D eigenvalue weighted by molar-refractivity contribution is 0.0952. The zero-order valence-corrected chi connectivity index (χ0v) is 10.9. The Morgan fingerprint density at radius 2 is 2.17 bits per heavy atom. The summed E-state index contributed by atoms with van der Waals surface area (Å²) in [5.74, 6) is -0.207. The van der Waals surface area contributed by atoms with Crippen molar-refractivity contribution in [2.24, 2.45) is 11.0 Å². The van der Waals surface area contributed by atoms with Crippen molar-refractivity contribution >= 4 is 17.3 Å². The molecule has 0 heterocycles. The molecule has 0 aliphatic rings. The third-order valence-electron chi connectivity index (χ3n) is 2.36. The van der Waals surface area contributed by atoms with Crippen molar-refractivity contribution in [1.82, 2.24) is 5.43 Å². The van der Waals surface area contributed by atoms with Gasteiger partial charge in [0, 0.05) is 5.71 Å². The third-order valence-corrected chi connectivity index (χ3v) is 2.36. The van der Waals surface area contributed by atoms with Gasteiger partial charge in [-0.05, 0) is 31.4 Å². The number of amides is 1. The van der Waals surface area contributed by atoms with Crippen LogP contribution in [0.25, 0.3) is 0 Å². The van der Waals surface area contributed by atoms with E-state index in [0.717, 1.165) is 12.1 Å². The van der Waals surface area contributed by atoms with E-state index in [9.17, 15) is 9.90 Å². The smallest absolute Gasteiger partial charge is 0.275 e. The number of nitrogens with two attached hydrogens (primary N) is 1. The number of para-hydroxylation sites is 1. The van der Waals surface area contributed by atoms with Gasteiger partial charge in [0.1, 0.15) is 0 Å². The summed E-state index contributed by atoms with van der Waals surface area (Å²) >= 11 is 0. The highest BCUT2D eigenvalue weighted by Crippen LogP contribution is 2.23. The predicted molar refractivity (Wildman–Crippen MR) is 72.5 cm³/mol. The minimum absolute atomic E-state index is 0.121. The molecule has 0 fully saturated rings. The number of nitrogen functional groups attached to an aromatic ring is 1. The zero-order chi connectivity index (χ0) is 13.7.